The second kappa shape index (κ2) is 5.74. The number of nitrogens with zero attached hydrogens (tertiary/aromatic N) is 1. The maximum absolute atomic E-state index is 13.5. The molecule has 4 heteroatoms. The fourth-order valence-corrected chi connectivity index (χ4v) is 2.95. The minimum atomic E-state index is -0.250. The number of rotatable bonds is 3. The van der Waals surface area contributed by atoms with Crippen molar-refractivity contribution >= 4 is 5.69 Å². The zero-order chi connectivity index (χ0) is 14.8. The van der Waals surface area contributed by atoms with Gasteiger partial charge in [-0.05, 0) is 36.2 Å². The minimum Gasteiger partial charge on any atom is -0.496 e. The van der Waals surface area contributed by atoms with Crippen LogP contribution in [-0.4, -0.2) is 19.7 Å². The molecule has 21 heavy (non-hydrogen) atoms. The number of anilines is 1. The molecule has 0 saturated carbocycles. The molecule has 110 valence electrons. The van der Waals surface area contributed by atoms with Crippen molar-refractivity contribution in [2.45, 2.75) is 19.0 Å². The molecule has 0 saturated heterocycles. The average molecular weight is 286 g/mol. The van der Waals surface area contributed by atoms with Crippen LogP contribution in [0, 0.1) is 5.82 Å². The first-order valence-electron chi connectivity index (χ1n) is 7.08. The molecule has 1 aliphatic rings. The van der Waals surface area contributed by atoms with Gasteiger partial charge < -0.3 is 15.4 Å². The van der Waals surface area contributed by atoms with Gasteiger partial charge in [0.25, 0.3) is 0 Å². The van der Waals surface area contributed by atoms with Crippen molar-refractivity contribution in [1.82, 2.24) is 0 Å². The summed E-state index contributed by atoms with van der Waals surface area (Å²) in [4.78, 5) is 2.20. The van der Waals surface area contributed by atoms with Crippen LogP contribution in [0.15, 0.2) is 42.5 Å². The van der Waals surface area contributed by atoms with E-state index in [0.29, 0.717) is 12.3 Å². The lowest BCUT2D eigenvalue weighted by Crippen LogP contribution is -2.42. The molecule has 0 bridgehead atoms. The zero-order valence-corrected chi connectivity index (χ0v) is 12.1. The van der Waals surface area contributed by atoms with E-state index < -0.39 is 0 Å². The Labute approximate surface area is 124 Å². The summed E-state index contributed by atoms with van der Waals surface area (Å²) < 4.78 is 18.8. The van der Waals surface area contributed by atoms with E-state index in [0.717, 1.165) is 18.5 Å². The number of halogens is 1. The van der Waals surface area contributed by atoms with Crippen LogP contribution in [0.4, 0.5) is 10.1 Å². The Balaban J connectivity index is 1.93. The van der Waals surface area contributed by atoms with Crippen LogP contribution in [-0.2, 0) is 13.0 Å². The van der Waals surface area contributed by atoms with Gasteiger partial charge in [-0.1, -0.05) is 18.2 Å². The van der Waals surface area contributed by atoms with Crippen LogP contribution in [0.2, 0.25) is 0 Å². The summed E-state index contributed by atoms with van der Waals surface area (Å²) in [6.07, 6.45) is 0.882. The number of para-hydroxylation sites is 1. The summed E-state index contributed by atoms with van der Waals surface area (Å²) in [6, 6.07) is 12.9. The van der Waals surface area contributed by atoms with Gasteiger partial charge in [-0.2, -0.15) is 0 Å². The van der Waals surface area contributed by atoms with Gasteiger partial charge in [0.15, 0.2) is 0 Å². The number of methoxy groups -OCH3 is 1. The molecular formula is C17H19FN2O. The lowest BCUT2D eigenvalue weighted by Gasteiger charge is -2.35. The molecule has 2 aromatic rings. The van der Waals surface area contributed by atoms with Crippen LogP contribution < -0.4 is 15.4 Å². The molecule has 1 atom stereocenters. The number of ether oxygens (including phenoxy) is 1. The normalized spacial score (nSPS) is 17.5. The van der Waals surface area contributed by atoms with E-state index in [1.54, 1.807) is 13.2 Å². The molecule has 0 aromatic heterocycles. The van der Waals surface area contributed by atoms with Crippen molar-refractivity contribution in [2.24, 2.45) is 5.73 Å². The molecule has 0 fully saturated rings. The first-order chi connectivity index (χ1) is 10.2. The standard InChI is InChI=1S/C17H19FN2O/c1-21-17-7-6-14(18)8-13(17)10-20-11-15(19)9-12-4-2-3-5-16(12)20/h2-8,15H,9-11,19H2,1H3. The smallest absolute Gasteiger partial charge is 0.124 e. The molecular weight excluding hydrogens is 267 g/mol. The van der Waals surface area contributed by atoms with E-state index >= 15 is 0 Å². The van der Waals surface area contributed by atoms with Crippen molar-refractivity contribution in [3.05, 3.63) is 59.4 Å². The highest BCUT2D eigenvalue weighted by Gasteiger charge is 2.22. The fourth-order valence-electron chi connectivity index (χ4n) is 2.95. The number of benzene rings is 2. The minimum absolute atomic E-state index is 0.0967. The van der Waals surface area contributed by atoms with E-state index in [9.17, 15) is 4.39 Å². The predicted octanol–water partition coefficient (Wildman–Crippen LogP) is 2.72. The van der Waals surface area contributed by atoms with E-state index in [-0.39, 0.29) is 11.9 Å². The van der Waals surface area contributed by atoms with Crippen molar-refractivity contribution in [1.29, 1.82) is 0 Å². The Bertz CT molecular complexity index is 644. The molecule has 0 aliphatic carbocycles. The second-order valence-corrected chi connectivity index (χ2v) is 5.43. The third-order valence-corrected chi connectivity index (χ3v) is 3.87. The molecule has 0 amide bonds. The van der Waals surface area contributed by atoms with Crippen molar-refractivity contribution in [3.8, 4) is 5.75 Å². The topological polar surface area (TPSA) is 38.5 Å². The number of nitrogens with two attached hydrogens (primary N) is 1. The Morgan fingerprint density at radius 1 is 1.29 bits per heavy atom. The number of hydrogen-bond donors (Lipinski definition) is 1. The summed E-state index contributed by atoms with van der Waals surface area (Å²) in [6.45, 7) is 1.35. The summed E-state index contributed by atoms with van der Waals surface area (Å²) in [5.74, 6) is 0.452. The van der Waals surface area contributed by atoms with Crippen LogP contribution in [0.25, 0.3) is 0 Å². The van der Waals surface area contributed by atoms with E-state index in [1.165, 1.54) is 23.4 Å². The summed E-state index contributed by atoms with van der Waals surface area (Å²) in [5.41, 5.74) is 9.40. The van der Waals surface area contributed by atoms with Gasteiger partial charge in [0.05, 0.1) is 7.11 Å². The zero-order valence-electron chi connectivity index (χ0n) is 12.1. The van der Waals surface area contributed by atoms with Crippen molar-refractivity contribution < 1.29 is 9.13 Å². The van der Waals surface area contributed by atoms with E-state index in [4.69, 9.17) is 10.5 Å². The SMILES string of the molecule is COc1ccc(F)cc1CN1CC(N)Cc2ccccc21. The predicted molar refractivity (Wildman–Crippen MR) is 82.1 cm³/mol. The van der Waals surface area contributed by atoms with Gasteiger partial charge in [0.1, 0.15) is 11.6 Å². The third kappa shape index (κ3) is 2.85. The van der Waals surface area contributed by atoms with Crippen LogP contribution in [0.5, 0.6) is 5.75 Å². The van der Waals surface area contributed by atoms with Crippen LogP contribution in [0.3, 0.4) is 0 Å². The maximum atomic E-state index is 13.5. The van der Waals surface area contributed by atoms with Crippen LogP contribution >= 0.6 is 0 Å². The highest BCUT2D eigenvalue weighted by molar-refractivity contribution is 5.57. The lowest BCUT2D eigenvalue weighted by atomic mass is 9.98. The van der Waals surface area contributed by atoms with E-state index in [2.05, 4.69) is 17.0 Å². The Hall–Kier alpha value is -2.07. The van der Waals surface area contributed by atoms with Crippen molar-refractivity contribution in [3.63, 3.8) is 0 Å². The Morgan fingerprint density at radius 2 is 2.10 bits per heavy atom. The molecule has 2 aromatic carbocycles. The van der Waals surface area contributed by atoms with Crippen molar-refractivity contribution in [2.75, 3.05) is 18.6 Å². The molecule has 1 heterocycles. The molecule has 1 aliphatic heterocycles. The van der Waals surface area contributed by atoms with Gasteiger partial charge in [-0.3, -0.25) is 0 Å². The lowest BCUT2D eigenvalue weighted by molar-refractivity contribution is 0.407. The van der Waals surface area contributed by atoms with Gasteiger partial charge in [0.2, 0.25) is 0 Å². The highest BCUT2D eigenvalue weighted by Crippen LogP contribution is 2.30. The van der Waals surface area contributed by atoms with Gasteiger partial charge in [-0.25, -0.2) is 4.39 Å². The second-order valence-electron chi connectivity index (χ2n) is 5.43. The molecule has 0 radical (unpaired) electrons. The van der Waals surface area contributed by atoms with Crippen LogP contribution in [0.1, 0.15) is 11.1 Å². The van der Waals surface area contributed by atoms with Gasteiger partial charge >= 0.3 is 0 Å². The quantitative estimate of drug-likeness (QED) is 0.943. The maximum Gasteiger partial charge on any atom is 0.124 e. The third-order valence-electron chi connectivity index (χ3n) is 3.87. The molecule has 3 rings (SSSR count). The van der Waals surface area contributed by atoms with Gasteiger partial charge in [0, 0.05) is 30.4 Å². The highest BCUT2D eigenvalue weighted by atomic mass is 19.1. The molecule has 2 N–H and O–H groups in total. The largest absolute Gasteiger partial charge is 0.496 e. The summed E-state index contributed by atoms with van der Waals surface area (Å²) >= 11 is 0. The molecule has 1 unspecified atom stereocenters. The molecule has 0 spiro atoms. The molecule has 3 nitrogen and oxygen atoms in total. The monoisotopic (exact) mass is 286 g/mol. The number of fused-ring (bicyclic) bond motifs is 1. The first kappa shape index (κ1) is 13.9. The Kier molecular flexibility index (Phi) is 3.80. The summed E-state index contributed by atoms with van der Waals surface area (Å²) in [7, 11) is 1.60. The number of hydrogen-bond acceptors (Lipinski definition) is 3. The summed E-state index contributed by atoms with van der Waals surface area (Å²) in [5, 5.41) is 0. The van der Waals surface area contributed by atoms with E-state index in [1.807, 2.05) is 12.1 Å². The first-order valence-corrected chi connectivity index (χ1v) is 7.08. The average Bonchev–Trinajstić information content (AvgIpc) is 2.47. The van der Waals surface area contributed by atoms with Gasteiger partial charge in [-0.15, -0.1) is 0 Å². The Morgan fingerprint density at radius 3 is 2.90 bits per heavy atom. The fraction of sp³-hybridized carbons (Fsp3) is 0.294.